The van der Waals surface area contributed by atoms with E-state index in [1.54, 1.807) is 0 Å². The van der Waals surface area contributed by atoms with Gasteiger partial charge in [0.1, 0.15) is 0 Å². The van der Waals surface area contributed by atoms with E-state index in [4.69, 9.17) is 5.73 Å². The van der Waals surface area contributed by atoms with Crippen molar-refractivity contribution in [1.29, 1.82) is 0 Å². The number of carbonyl (C=O) groups is 1. The van der Waals surface area contributed by atoms with Crippen molar-refractivity contribution < 1.29 is 4.79 Å². The Balaban J connectivity index is 1.82. The number of piperidine rings is 1. The third kappa shape index (κ3) is 4.20. The van der Waals surface area contributed by atoms with Gasteiger partial charge in [-0.2, -0.15) is 0 Å². The second kappa shape index (κ2) is 7.28. The van der Waals surface area contributed by atoms with Crippen LogP contribution in [-0.2, 0) is 4.79 Å². The van der Waals surface area contributed by atoms with Crippen molar-refractivity contribution in [2.24, 2.45) is 23.5 Å². The van der Waals surface area contributed by atoms with Gasteiger partial charge in [-0.15, -0.1) is 0 Å². The van der Waals surface area contributed by atoms with Crippen LogP contribution >= 0.6 is 0 Å². The van der Waals surface area contributed by atoms with E-state index < -0.39 is 0 Å². The van der Waals surface area contributed by atoms with E-state index in [-0.39, 0.29) is 0 Å². The molecular formula is C16H30N2O. The van der Waals surface area contributed by atoms with E-state index in [0.717, 1.165) is 25.9 Å². The largest absolute Gasteiger partial charge is 0.342 e. The molecule has 0 aromatic heterocycles. The predicted molar refractivity (Wildman–Crippen MR) is 78.7 cm³/mol. The molecule has 2 unspecified atom stereocenters. The van der Waals surface area contributed by atoms with Crippen molar-refractivity contribution in [2.75, 3.05) is 19.6 Å². The van der Waals surface area contributed by atoms with Crippen LogP contribution in [-0.4, -0.2) is 30.4 Å². The number of hydrogen-bond acceptors (Lipinski definition) is 2. The van der Waals surface area contributed by atoms with Crippen LogP contribution in [0.4, 0.5) is 0 Å². The molecule has 1 amide bonds. The lowest BCUT2D eigenvalue weighted by Gasteiger charge is -2.37. The fraction of sp³-hybridized carbons (Fsp3) is 0.938. The zero-order valence-electron chi connectivity index (χ0n) is 12.4. The number of nitrogens with two attached hydrogens (primary N) is 1. The Morgan fingerprint density at radius 1 is 1.16 bits per heavy atom. The van der Waals surface area contributed by atoms with Crippen LogP contribution in [0.3, 0.4) is 0 Å². The van der Waals surface area contributed by atoms with E-state index in [2.05, 4.69) is 11.8 Å². The van der Waals surface area contributed by atoms with Gasteiger partial charge in [0.25, 0.3) is 0 Å². The summed E-state index contributed by atoms with van der Waals surface area (Å²) in [4.78, 5) is 14.5. The molecule has 3 heteroatoms. The molecule has 2 rings (SSSR count). The zero-order valence-corrected chi connectivity index (χ0v) is 12.4. The van der Waals surface area contributed by atoms with Crippen LogP contribution in [0, 0.1) is 17.8 Å². The summed E-state index contributed by atoms with van der Waals surface area (Å²) in [5.74, 6) is 2.21. The van der Waals surface area contributed by atoms with Crippen molar-refractivity contribution in [3.63, 3.8) is 0 Å². The van der Waals surface area contributed by atoms with Crippen LogP contribution in [0.25, 0.3) is 0 Å². The normalized spacial score (nSPS) is 30.1. The maximum Gasteiger partial charge on any atom is 0.222 e. The Bertz CT molecular complexity index is 284. The zero-order chi connectivity index (χ0) is 13.7. The van der Waals surface area contributed by atoms with Crippen molar-refractivity contribution in [2.45, 2.75) is 58.3 Å². The lowest BCUT2D eigenvalue weighted by Crippen LogP contribution is -2.45. The summed E-state index contributed by atoms with van der Waals surface area (Å²) in [6.45, 7) is 4.82. The summed E-state index contributed by atoms with van der Waals surface area (Å²) in [6, 6.07) is 0. The number of rotatable bonds is 3. The van der Waals surface area contributed by atoms with Gasteiger partial charge in [0.05, 0.1) is 0 Å². The molecule has 1 aliphatic carbocycles. The molecule has 0 aromatic carbocycles. The first-order valence-corrected chi connectivity index (χ1v) is 8.18. The van der Waals surface area contributed by atoms with Crippen molar-refractivity contribution in [1.82, 2.24) is 4.90 Å². The summed E-state index contributed by atoms with van der Waals surface area (Å²) in [7, 11) is 0. The molecule has 0 aromatic rings. The van der Waals surface area contributed by atoms with Gasteiger partial charge in [0.15, 0.2) is 0 Å². The molecule has 1 heterocycles. The van der Waals surface area contributed by atoms with E-state index in [1.165, 1.54) is 38.5 Å². The van der Waals surface area contributed by atoms with Crippen LogP contribution in [0.1, 0.15) is 58.3 Å². The molecule has 0 radical (unpaired) electrons. The molecule has 110 valence electrons. The van der Waals surface area contributed by atoms with Crippen LogP contribution in [0.2, 0.25) is 0 Å². The number of carbonyl (C=O) groups excluding carboxylic acids is 1. The second-order valence-electron chi connectivity index (χ2n) is 6.66. The summed E-state index contributed by atoms with van der Waals surface area (Å²) in [5.41, 5.74) is 5.82. The van der Waals surface area contributed by atoms with Crippen molar-refractivity contribution in [3.8, 4) is 0 Å². The highest BCUT2D eigenvalue weighted by atomic mass is 16.2. The Morgan fingerprint density at radius 3 is 2.47 bits per heavy atom. The van der Waals surface area contributed by atoms with Gasteiger partial charge in [-0.3, -0.25) is 4.79 Å². The predicted octanol–water partition coefficient (Wildman–Crippen LogP) is 2.79. The minimum Gasteiger partial charge on any atom is -0.342 e. The van der Waals surface area contributed by atoms with Gasteiger partial charge in [0, 0.05) is 19.5 Å². The number of hydrogen-bond donors (Lipinski definition) is 1. The van der Waals surface area contributed by atoms with Crippen LogP contribution < -0.4 is 5.73 Å². The summed E-state index contributed by atoms with van der Waals surface area (Å²) < 4.78 is 0. The highest BCUT2D eigenvalue weighted by Crippen LogP contribution is 2.28. The topological polar surface area (TPSA) is 46.3 Å². The molecule has 2 fully saturated rings. The Labute approximate surface area is 117 Å². The molecule has 1 saturated heterocycles. The smallest absolute Gasteiger partial charge is 0.222 e. The third-order valence-electron chi connectivity index (χ3n) is 5.21. The average molecular weight is 266 g/mol. The fourth-order valence-corrected chi connectivity index (χ4v) is 3.63. The standard InChI is InChI=1S/C16H30N2O/c1-13-8-9-18(12-15(13)11-17)16(19)10-14-6-4-2-3-5-7-14/h13-15H,2-12,17H2,1H3. The van der Waals surface area contributed by atoms with Gasteiger partial charge in [-0.05, 0) is 43.6 Å². The van der Waals surface area contributed by atoms with Crippen LogP contribution in [0.5, 0.6) is 0 Å². The molecule has 2 N–H and O–H groups in total. The van der Waals surface area contributed by atoms with Gasteiger partial charge in [0.2, 0.25) is 5.91 Å². The highest BCUT2D eigenvalue weighted by molar-refractivity contribution is 5.76. The molecule has 1 aliphatic heterocycles. The lowest BCUT2D eigenvalue weighted by atomic mass is 9.86. The molecule has 19 heavy (non-hydrogen) atoms. The van der Waals surface area contributed by atoms with Gasteiger partial charge < -0.3 is 10.6 Å². The maximum absolute atomic E-state index is 12.4. The fourth-order valence-electron chi connectivity index (χ4n) is 3.63. The summed E-state index contributed by atoms with van der Waals surface area (Å²) in [5, 5.41) is 0. The van der Waals surface area contributed by atoms with E-state index in [9.17, 15) is 4.79 Å². The number of amides is 1. The number of nitrogens with zero attached hydrogens (tertiary/aromatic N) is 1. The molecule has 2 aliphatic rings. The Kier molecular flexibility index (Phi) is 5.68. The third-order valence-corrected chi connectivity index (χ3v) is 5.21. The molecular weight excluding hydrogens is 236 g/mol. The van der Waals surface area contributed by atoms with Crippen LogP contribution in [0.15, 0.2) is 0 Å². The molecule has 0 bridgehead atoms. The van der Waals surface area contributed by atoms with Crippen molar-refractivity contribution >= 4 is 5.91 Å². The number of likely N-dealkylation sites (tertiary alicyclic amines) is 1. The van der Waals surface area contributed by atoms with Gasteiger partial charge in [-0.25, -0.2) is 0 Å². The average Bonchev–Trinajstić information content (AvgIpc) is 2.68. The minimum atomic E-state index is 0.386. The summed E-state index contributed by atoms with van der Waals surface area (Å²) >= 11 is 0. The molecule has 3 nitrogen and oxygen atoms in total. The van der Waals surface area contributed by atoms with Crippen molar-refractivity contribution in [3.05, 3.63) is 0 Å². The first kappa shape index (κ1) is 14.8. The molecule has 1 saturated carbocycles. The maximum atomic E-state index is 12.4. The highest BCUT2D eigenvalue weighted by Gasteiger charge is 2.28. The molecule has 2 atom stereocenters. The monoisotopic (exact) mass is 266 g/mol. The second-order valence-corrected chi connectivity index (χ2v) is 6.66. The Hall–Kier alpha value is -0.570. The van der Waals surface area contributed by atoms with Gasteiger partial charge >= 0.3 is 0 Å². The lowest BCUT2D eigenvalue weighted by molar-refractivity contribution is -0.134. The van der Waals surface area contributed by atoms with E-state index in [1.807, 2.05) is 0 Å². The first-order valence-electron chi connectivity index (χ1n) is 8.18. The first-order chi connectivity index (χ1) is 9.20. The summed E-state index contributed by atoms with van der Waals surface area (Å²) in [6.07, 6.45) is 9.79. The SMILES string of the molecule is CC1CCN(C(=O)CC2CCCCCC2)CC1CN. The molecule has 0 spiro atoms. The van der Waals surface area contributed by atoms with E-state index >= 15 is 0 Å². The van der Waals surface area contributed by atoms with Gasteiger partial charge in [-0.1, -0.05) is 32.6 Å². The van der Waals surface area contributed by atoms with E-state index in [0.29, 0.717) is 30.2 Å². The quantitative estimate of drug-likeness (QED) is 0.798. The Morgan fingerprint density at radius 2 is 1.84 bits per heavy atom. The minimum absolute atomic E-state index is 0.386.